The summed E-state index contributed by atoms with van der Waals surface area (Å²) in [4.78, 5) is 7.69. The van der Waals surface area contributed by atoms with Crippen LogP contribution in [0.1, 0.15) is 13.3 Å². The Hall–Kier alpha value is -2.21. The highest BCUT2D eigenvalue weighted by molar-refractivity contribution is 6.34. The number of rotatable bonds is 4. The first-order valence-electron chi connectivity index (χ1n) is 6.63. The number of fused-ring (bicyclic) bond motifs is 1. The maximum atomic E-state index is 9.99. The summed E-state index contributed by atoms with van der Waals surface area (Å²) < 4.78 is 6.87. The second-order valence-electron chi connectivity index (χ2n) is 4.67. The van der Waals surface area contributed by atoms with Crippen molar-refractivity contribution in [1.82, 2.24) is 19.7 Å². The molecule has 1 aromatic carbocycles. The number of aromatic hydroxyl groups is 1. The number of phenolic OH excluding ortho intramolecular Hbond substituents is 1. The molecular formula is C14H15ClN4O2. The highest BCUT2D eigenvalue weighted by atomic mass is 35.5. The van der Waals surface area contributed by atoms with E-state index in [0.717, 1.165) is 24.1 Å². The Morgan fingerprint density at radius 3 is 2.95 bits per heavy atom. The van der Waals surface area contributed by atoms with E-state index in [-0.39, 0.29) is 10.8 Å². The fourth-order valence-electron chi connectivity index (χ4n) is 2.24. The number of hydrogen-bond donors (Lipinski definition) is 2. The molecule has 2 aromatic heterocycles. The molecule has 6 nitrogen and oxygen atoms in total. The van der Waals surface area contributed by atoms with Crippen LogP contribution in [0.25, 0.3) is 22.6 Å². The van der Waals surface area contributed by atoms with E-state index in [0.29, 0.717) is 17.1 Å². The van der Waals surface area contributed by atoms with Gasteiger partial charge in [0, 0.05) is 12.1 Å². The van der Waals surface area contributed by atoms with E-state index >= 15 is 0 Å². The number of nitrogens with zero attached hydrogens (tertiary/aromatic N) is 3. The van der Waals surface area contributed by atoms with Crippen molar-refractivity contribution in [1.29, 1.82) is 0 Å². The summed E-state index contributed by atoms with van der Waals surface area (Å²) in [6, 6.07) is 3.41. The number of ether oxygens (including phenoxy) is 1. The Bertz CT molecular complexity index is 794. The molecule has 0 radical (unpaired) electrons. The Morgan fingerprint density at radius 1 is 1.43 bits per heavy atom. The van der Waals surface area contributed by atoms with Crippen LogP contribution in [0.4, 0.5) is 0 Å². The van der Waals surface area contributed by atoms with Crippen LogP contribution in [-0.2, 0) is 6.54 Å². The third kappa shape index (κ3) is 2.21. The molecule has 2 heterocycles. The van der Waals surface area contributed by atoms with E-state index in [1.807, 2.05) is 4.68 Å². The van der Waals surface area contributed by atoms with Crippen molar-refractivity contribution >= 4 is 22.8 Å². The monoisotopic (exact) mass is 306 g/mol. The maximum Gasteiger partial charge on any atom is 0.177 e. The lowest BCUT2D eigenvalue weighted by Crippen LogP contribution is -1.98. The zero-order valence-corrected chi connectivity index (χ0v) is 12.5. The average Bonchev–Trinajstić information content (AvgIpc) is 3.04. The molecule has 7 heteroatoms. The van der Waals surface area contributed by atoms with Gasteiger partial charge in [0.25, 0.3) is 0 Å². The fourth-order valence-corrected chi connectivity index (χ4v) is 2.49. The molecule has 0 saturated heterocycles. The van der Waals surface area contributed by atoms with Gasteiger partial charge in [0.1, 0.15) is 11.3 Å². The lowest BCUT2D eigenvalue weighted by molar-refractivity contribution is 0.374. The summed E-state index contributed by atoms with van der Waals surface area (Å²) in [6.45, 7) is 2.88. The van der Waals surface area contributed by atoms with Crippen molar-refractivity contribution in [2.45, 2.75) is 19.9 Å². The topological polar surface area (TPSA) is 76.0 Å². The standard InChI is InChI=1S/C14H15ClN4O2/c1-3-6-19-14-9(7-16-19)17-13(18-14)8-4-5-10(21-2)12(20)11(8)15/h4-5,7,20H,3,6H2,1-2H3,(H,17,18). The molecule has 2 N–H and O–H groups in total. The molecule has 0 atom stereocenters. The Kier molecular flexibility index (Phi) is 3.47. The van der Waals surface area contributed by atoms with Crippen LogP contribution in [0, 0.1) is 0 Å². The molecule has 3 aromatic rings. The summed E-state index contributed by atoms with van der Waals surface area (Å²) in [6.07, 6.45) is 2.71. The molecule has 0 spiro atoms. The van der Waals surface area contributed by atoms with Crippen LogP contribution in [0.2, 0.25) is 5.02 Å². The summed E-state index contributed by atoms with van der Waals surface area (Å²) in [7, 11) is 1.48. The van der Waals surface area contributed by atoms with Gasteiger partial charge < -0.3 is 14.8 Å². The molecule has 0 aliphatic rings. The zero-order chi connectivity index (χ0) is 15.0. The highest BCUT2D eigenvalue weighted by Gasteiger charge is 2.17. The Labute approximate surface area is 126 Å². The molecule has 0 aliphatic heterocycles. The first-order chi connectivity index (χ1) is 10.2. The van der Waals surface area contributed by atoms with Crippen LogP contribution >= 0.6 is 11.6 Å². The summed E-state index contributed by atoms with van der Waals surface area (Å²) >= 11 is 6.19. The number of nitrogens with one attached hydrogen (secondary N) is 1. The highest BCUT2D eigenvalue weighted by Crippen LogP contribution is 2.40. The number of aryl methyl sites for hydroxylation is 1. The predicted molar refractivity (Wildman–Crippen MR) is 80.8 cm³/mol. The smallest absolute Gasteiger partial charge is 0.177 e. The number of aromatic amines is 1. The van der Waals surface area contributed by atoms with Gasteiger partial charge >= 0.3 is 0 Å². The normalized spacial score (nSPS) is 11.2. The Balaban J connectivity index is 2.10. The zero-order valence-electron chi connectivity index (χ0n) is 11.7. The minimum absolute atomic E-state index is 0.0905. The van der Waals surface area contributed by atoms with E-state index in [1.54, 1.807) is 18.3 Å². The third-order valence-corrected chi connectivity index (χ3v) is 3.65. The summed E-state index contributed by atoms with van der Waals surface area (Å²) in [5.41, 5.74) is 2.23. The van der Waals surface area contributed by atoms with Crippen molar-refractivity contribution in [2.24, 2.45) is 0 Å². The number of imidazole rings is 1. The van der Waals surface area contributed by atoms with Gasteiger partial charge in [-0.05, 0) is 18.6 Å². The largest absolute Gasteiger partial charge is 0.503 e. The van der Waals surface area contributed by atoms with Crippen LogP contribution < -0.4 is 4.74 Å². The molecular weight excluding hydrogens is 292 g/mol. The van der Waals surface area contributed by atoms with Gasteiger partial charge in [-0.25, -0.2) is 9.67 Å². The summed E-state index contributed by atoms with van der Waals surface area (Å²) in [5.74, 6) is 0.833. The third-order valence-electron chi connectivity index (χ3n) is 3.27. The Morgan fingerprint density at radius 2 is 2.24 bits per heavy atom. The molecule has 0 aliphatic carbocycles. The summed E-state index contributed by atoms with van der Waals surface area (Å²) in [5, 5.41) is 14.5. The van der Waals surface area contributed by atoms with Gasteiger partial charge in [0.15, 0.2) is 17.1 Å². The van der Waals surface area contributed by atoms with E-state index < -0.39 is 0 Å². The molecule has 0 fully saturated rings. The number of phenols is 1. The van der Waals surface area contributed by atoms with Gasteiger partial charge in [-0.15, -0.1) is 0 Å². The van der Waals surface area contributed by atoms with E-state index in [1.165, 1.54) is 7.11 Å². The second-order valence-corrected chi connectivity index (χ2v) is 5.05. The first kappa shape index (κ1) is 13.8. The molecule has 0 saturated carbocycles. The predicted octanol–water partition coefficient (Wildman–Crippen LogP) is 3.20. The average molecular weight is 307 g/mol. The van der Waals surface area contributed by atoms with Crippen molar-refractivity contribution in [2.75, 3.05) is 7.11 Å². The fraction of sp³-hybridized carbons (Fsp3) is 0.286. The lowest BCUT2D eigenvalue weighted by atomic mass is 10.2. The van der Waals surface area contributed by atoms with E-state index in [4.69, 9.17) is 16.3 Å². The quantitative estimate of drug-likeness (QED) is 0.776. The van der Waals surface area contributed by atoms with Crippen LogP contribution in [0.5, 0.6) is 11.5 Å². The number of hydrogen-bond acceptors (Lipinski definition) is 4. The molecule has 3 rings (SSSR count). The second kappa shape index (κ2) is 5.29. The van der Waals surface area contributed by atoms with Gasteiger partial charge in [0.2, 0.25) is 0 Å². The SMILES string of the molecule is CCCn1ncc2[nH]c(-c3ccc(OC)c(O)c3Cl)nc21. The molecule has 21 heavy (non-hydrogen) atoms. The van der Waals surface area contributed by atoms with Gasteiger partial charge in [-0.2, -0.15) is 5.10 Å². The van der Waals surface area contributed by atoms with Crippen LogP contribution in [0.15, 0.2) is 18.3 Å². The van der Waals surface area contributed by atoms with E-state index in [9.17, 15) is 5.11 Å². The first-order valence-corrected chi connectivity index (χ1v) is 7.00. The minimum Gasteiger partial charge on any atom is -0.503 e. The maximum absolute atomic E-state index is 9.99. The van der Waals surface area contributed by atoms with Gasteiger partial charge in [-0.1, -0.05) is 18.5 Å². The molecule has 0 bridgehead atoms. The van der Waals surface area contributed by atoms with Crippen molar-refractivity contribution in [3.05, 3.63) is 23.4 Å². The molecule has 0 amide bonds. The number of benzene rings is 1. The van der Waals surface area contributed by atoms with Gasteiger partial charge in [-0.3, -0.25) is 0 Å². The van der Waals surface area contributed by atoms with Crippen molar-refractivity contribution < 1.29 is 9.84 Å². The van der Waals surface area contributed by atoms with Crippen LogP contribution in [-0.4, -0.2) is 32.0 Å². The number of methoxy groups -OCH3 is 1. The van der Waals surface area contributed by atoms with Crippen LogP contribution in [0.3, 0.4) is 0 Å². The van der Waals surface area contributed by atoms with E-state index in [2.05, 4.69) is 22.0 Å². The minimum atomic E-state index is -0.0905. The van der Waals surface area contributed by atoms with Gasteiger partial charge in [0.05, 0.1) is 18.3 Å². The number of aromatic nitrogens is 4. The lowest BCUT2D eigenvalue weighted by Gasteiger charge is -2.07. The van der Waals surface area contributed by atoms with Crippen molar-refractivity contribution in [3.8, 4) is 22.9 Å². The number of halogens is 1. The molecule has 0 unspecified atom stereocenters. The number of H-pyrrole nitrogens is 1. The van der Waals surface area contributed by atoms with Crippen molar-refractivity contribution in [3.63, 3.8) is 0 Å². The molecule has 110 valence electrons.